The first-order valence-electron chi connectivity index (χ1n) is 4.71. The summed E-state index contributed by atoms with van der Waals surface area (Å²) in [7, 11) is -1.65. The molecule has 15 heavy (non-hydrogen) atoms. The van der Waals surface area contributed by atoms with Crippen LogP contribution in [0.2, 0.25) is 0 Å². The number of hydrogen-bond acceptors (Lipinski definition) is 3. The van der Waals surface area contributed by atoms with E-state index in [1.165, 1.54) is 6.92 Å². The Morgan fingerprint density at radius 3 is 2.27 bits per heavy atom. The molecular formula is C9H17NO4S. The summed E-state index contributed by atoms with van der Waals surface area (Å²) < 4.78 is 11.3. The van der Waals surface area contributed by atoms with Crippen LogP contribution in [0.15, 0.2) is 0 Å². The summed E-state index contributed by atoms with van der Waals surface area (Å²) in [6.45, 7) is 5.72. The number of carbonyl (C=O) groups excluding carboxylic acids is 1. The van der Waals surface area contributed by atoms with Crippen LogP contribution in [0.1, 0.15) is 20.8 Å². The van der Waals surface area contributed by atoms with Gasteiger partial charge in [0, 0.05) is 17.3 Å². The molecule has 0 heterocycles. The third-order valence-electron chi connectivity index (χ3n) is 1.72. The molecule has 1 amide bonds. The molecule has 0 rings (SSSR count). The van der Waals surface area contributed by atoms with Gasteiger partial charge in [0.15, 0.2) is 0 Å². The van der Waals surface area contributed by atoms with Crippen molar-refractivity contribution in [3.05, 3.63) is 0 Å². The van der Waals surface area contributed by atoms with E-state index in [0.29, 0.717) is 12.5 Å². The summed E-state index contributed by atoms with van der Waals surface area (Å²) in [5, 5.41) is 10.1. The minimum absolute atomic E-state index is 0.250. The van der Waals surface area contributed by atoms with Crippen LogP contribution in [-0.4, -0.2) is 38.7 Å². The Hall–Kier alpha value is -0.910. The molecular weight excluding hydrogens is 218 g/mol. The van der Waals surface area contributed by atoms with Crippen molar-refractivity contribution < 1.29 is 18.9 Å². The first-order chi connectivity index (χ1) is 6.84. The molecule has 2 N–H and O–H groups in total. The van der Waals surface area contributed by atoms with Gasteiger partial charge in [-0.15, -0.1) is 0 Å². The van der Waals surface area contributed by atoms with Gasteiger partial charge >= 0.3 is 5.97 Å². The molecule has 0 aromatic rings. The number of carboxylic acids is 1. The Morgan fingerprint density at radius 1 is 1.33 bits per heavy atom. The maximum Gasteiger partial charge on any atom is 0.318 e. The van der Waals surface area contributed by atoms with Crippen molar-refractivity contribution in [2.24, 2.45) is 5.92 Å². The molecule has 6 heteroatoms. The van der Waals surface area contributed by atoms with Gasteiger partial charge in [-0.3, -0.25) is 13.8 Å². The number of hydrogen-bond donors (Lipinski definition) is 2. The van der Waals surface area contributed by atoms with Gasteiger partial charge in [0.05, 0.1) is 0 Å². The Bertz CT molecular complexity index is 265. The summed E-state index contributed by atoms with van der Waals surface area (Å²) in [5.41, 5.74) is 0. The molecule has 0 aromatic heterocycles. The molecule has 0 aromatic carbocycles. The van der Waals surface area contributed by atoms with E-state index in [4.69, 9.17) is 5.11 Å². The summed E-state index contributed by atoms with van der Waals surface area (Å²) >= 11 is 0. The molecule has 2 unspecified atom stereocenters. The van der Waals surface area contributed by atoms with Gasteiger partial charge in [-0.05, 0) is 12.8 Å². The molecule has 0 saturated carbocycles. The predicted molar refractivity (Wildman–Crippen MR) is 58.0 cm³/mol. The van der Waals surface area contributed by atoms with Crippen LogP contribution in [0.5, 0.6) is 0 Å². The quantitative estimate of drug-likeness (QED) is 0.677. The zero-order chi connectivity index (χ0) is 12.0. The minimum atomic E-state index is -1.65. The molecule has 0 saturated heterocycles. The lowest BCUT2D eigenvalue weighted by Gasteiger charge is -2.09. The Kier molecular flexibility index (Phi) is 6.15. The van der Waals surface area contributed by atoms with Crippen LogP contribution in [0, 0.1) is 5.92 Å². The largest absolute Gasteiger partial charge is 0.480 e. The van der Waals surface area contributed by atoms with Crippen LogP contribution in [0.3, 0.4) is 0 Å². The van der Waals surface area contributed by atoms with Crippen molar-refractivity contribution in [1.29, 1.82) is 0 Å². The van der Waals surface area contributed by atoms with E-state index in [0.717, 1.165) is 0 Å². The maximum absolute atomic E-state index is 11.3. The second-order valence-corrected chi connectivity index (χ2v) is 5.46. The molecule has 0 bridgehead atoms. The summed E-state index contributed by atoms with van der Waals surface area (Å²) in [6.07, 6.45) is 0. The van der Waals surface area contributed by atoms with E-state index < -0.39 is 22.0 Å². The first kappa shape index (κ1) is 14.1. The van der Waals surface area contributed by atoms with Crippen molar-refractivity contribution in [3.8, 4) is 0 Å². The molecule has 0 spiro atoms. The molecule has 0 aliphatic rings. The zero-order valence-electron chi connectivity index (χ0n) is 9.15. The topological polar surface area (TPSA) is 83.5 Å². The highest BCUT2D eigenvalue weighted by molar-refractivity contribution is 7.87. The fraction of sp³-hybridized carbons (Fsp3) is 0.778. The average Bonchev–Trinajstić information content (AvgIpc) is 2.13. The number of rotatable bonds is 6. The number of amides is 1. The minimum Gasteiger partial charge on any atom is -0.480 e. The van der Waals surface area contributed by atoms with Crippen molar-refractivity contribution in [3.63, 3.8) is 0 Å². The number of carbonyl (C=O) groups is 2. The predicted octanol–water partition coefficient (Wildman–Crippen LogP) is -0.0196. The highest BCUT2D eigenvalue weighted by atomic mass is 32.2. The van der Waals surface area contributed by atoms with Gasteiger partial charge in [-0.25, -0.2) is 0 Å². The van der Waals surface area contributed by atoms with Gasteiger partial charge in [-0.2, -0.15) is 0 Å². The van der Waals surface area contributed by atoms with Gasteiger partial charge < -0.3 is 10.4 Å². The summed E-state index contributed by atoms with van der Waals surface area (Å²) in [4.78, 5) is 21.7. The maximum atomic E-state index is 11.3. The highest BCUT2D eigenvalue weighted by Gasteiger charge is 2.21. The smallest absolute Gasteiger partial charge is 0.318 e. The third kappa shape index (κ3) is 6.22. The molecule has 0 fully saturated rings. The molecule has 0 aliphatic carbocycles. The lowest BCUT2D eigenvalue weighted by atomic mass is 10.2. The molecule has 0 radical (unpaired) electrons. The van der Waals surface area contributed by atoms with Gasteiger partial charge in [0.25, 0.3) is 0 Å². The lowest BCUT2D eigenvalue weighted by Crippen LogP contribution is -2.35. The highest BCUT2D eigenvalue weighted by Crippen LogP contribution is 1.96. The SMILES string of the molecule is CC(C)CNC(=O)CS(=O)C(C)C(=O)O. The van der Waals surface area contributed by atoms with Crippen LogP contribution in [0.25, 0.3) is 0 Å². The lowest BCUT2D eigenvalue weighted by molar-refractivity contribution is -0.136. The number of nitrogens with one attached hydrogen (secondary N) is 1. The molecule has 5 nitrogen and oxygen atoms in total. The van der Waals surface area contributed by atoms with Crippen LogP contribution < -0.4 is 5.32 Å². The Morgan fingerprint density at radius 2 is 1.87 bits per heavy atom. The fourth-order valence-corrected chi connectivity index (χ4v) is 1.57. The standard InChI is InChI=1S/C9H17NO4S/c1-6(2)4-10-8(11)5-15(14)7(3)9(12)13/h6-7H,4-5H2,1-3H3,(H,10,11)(H,12,13). The molecule has 2 atom stereocenters. The normalized spacial score (nSPS) is 14.7. The van der Waals surface area contributed by atoms with Crippen LogP contribution in [-0.2, 0) is 20.4 Å². The first-order valence-corrected chi connectivity index (χ1v) is 6.09. The van der Waals surface area contributed by atoms with E-state index in [1.807, 2.05) is 13.8 Å². The van der Waals surface area contributed by atoms with E-state index in [-0.39, 0.29) is 11.7 Å². The average molecular weight is 235 g/mol. The second-order valence-electron chi connectivity index (χ2n) is 3.70. The summed E-state index contributed by atoms with van der Waals surface area (Å²) in [5.74, 6) is -1.44. The number of carboxylic acid groups (broad SMARTS) is 1. The van der Waals surface area contributed by atoms with Crippen molar-refractivity contribution >= 4 is 22.7 Å². The molecule has 0 aliphatic heterocycles. The third-order valence-corrected chi connectivity index (χ3v) is 3.26. The van der Waals surface area contributed by atoms with E-state index in [1.54, 1.807) is 0 Å². The number of aliphatic carboxylic acids is 1. The van der Waals surface area contributed by atoms with Gasteiger partial charge in [0.1, 0.15) is 11.0 Å². The molecule has 88 valence electrons. The van der Waals surface area contributed by atoms with Crippen molar-refractivity contribution in [2.45, 2.75) is 26.0 Å². The van der Waals surface area contributed by atoms with E-state index in [2.05, 4.69) is 5.32 Å². The second kappa shape index (κ2) is 6.55. The van der Waals surface area contributed by atoms with Crippen LogP contribution >= 0.6 is 0 Å². The Labute approximate surface area is 91.7 Å². The van der Waals surface area contributed by atoms with E-state index >= 15 is 0 Å². The van der Waals surface area contributed by atoms with Crippen LogP contribution in [0.4, 0.5) is 0 Å². The van der Waals surface area contributed by atoms with Crippen molar-refractivity contribution in [1.82, 2.24) is 5.32 Å². The van der Waals surface area contributed by atoms with Gasteiger partial charge in [-0.1, -0.05) is 13.8 Å². The fourth-order valence-electron chi connectivity index (χ4n) is 0.736. The zero-order valence-corrected chi connectivity index (χ0v) is 9.97. The summed E-state index contributed by atoms with van der Waals surface area (Å²) in [6, 6.07) is 0. The Balaban J connectivity index is 3.97. The van der Waals surface area contributed by atoms with Gasteiger partial charge in [0.2, 0.25) is 5.91 Å². The monoisotopic (exact) mass is 235 g/mol. The van der Waals surface area contributed by atoms with E-state index in [9.17, 15) is 13.8 Å². The van der Waals surface area contributed by atoms with Crippen molar-refractivity contribution in [2.75, 3.05) is 12.3 Å².